The van der Waals surface area contributed by atoms with Crippen LogP contribution in [0.3, 0.4) is 0 Å². The number of hydrogen-bond acceptors (Lipinski definition) is 7. The molecule has 0 bridgehead atoms. The molecular formula is C26H41N5O2. The molecule has 7 heteroatoms. The molecule has 0 N–H and O–H groups in total. The fraction of sp³-hybridized carbons (Fsp3) is 0.769. The summed E-state index contributed by atoms with van der Waals surface area (Å²) in [6, 6.07) is 7.93. The Morgan fingerprint density at radius 1 is 1.24 bits per heavy atom. The lowest BCUT2D eigenvalue weighted by Gasteiger charge is -2.54. The van der Waals surface area contributed by atoms with Crippen LogP contribution in [0.4, 0.5) is 5.82 Å². The molecule has 4 heterocycles. The van der Waals surface area contributed by atoms with E-state index in [0.717, 1.165) is 64.4 Å². The van der Waals surface area contributed by atoms with Gasteiger partial charge in [0.1, 0.15) is 23.7 Å². The molecule has 3 aliphatic heterocycles. The van der Waals surface area contributed by atoms with Gasteiger partial charge in [-0.1, -0.05) is 26.8 Å². The predicted molar refractivity (Wildman–Crippen MR) is 130 cm³/mol. The van der Waals surface area contributed by atoms with Gasteiger partial charge in [-0.3, -0.25) is 4.90 Å². The van der Waals surface area contributed by atoms with Gasteiger partial charge >= 0.3 is 0 Å². The molecule has 0 saturated carbocycles. The lowest BCUT2D eigenvalue weighted by Crippen LogP contribution is -2.66. The maximum absolute atomic E-state index is 9.44. The second-order valence-corrected chi connectivity index (χ2v) is 11.0. The largest absolute Gasteiger partial charge is 0.375 e. The summed E-state index contributed by atoms with van der Waals surface area (Å²) in [5.74, 6) is 1.54. The van der Waals surface area contributed by atoms with E-state index < -0.39 is 0 Å². The average molecular weight is 456 g/mol. The Morgan fingerprint density at radius 2 is 2.00 bits per heavy atom. The molecule has 3 unspecified atom stereocenters. The third-order valence-corrected chi connectivity index (χ3v) is 7.35. The van der Waals surface area contributed by atoms with Gasteiger partial charge in [0.2, 0.25) is 0 Å². The first-order chi connectivity index (χ1) is 15.7. The van der Waals surface area contributed by atoms with Crippen molar-refractivity contribution in [3.05, 3.63) is 23.9 Å². The SMILES string of the molecule is CCC1OC1N(CC1(N2CCN(CC(C)C)CC2)CCOC(C)(C)C1)c1cccc(C#N)n1. The van der Waals surface area contributed by atoms with Crippen molar-refractivity contribution >= 4 is 5.82 Å². The van der Waals surface area contributed by atoms with Crippen molar-refractivity contribution in [3.63, 3.8) is 0 Å². The number of pyridine rings is 1. The van der Waals surface area contributed by atoms with E-state index in [4.69, 9.17) is 9.47 Å². The third-order valence-electron chi connectivity index (χ3n) is 7.35. The van der Waals surface area contributed by atoms with E-state index in [-0.39, 0.29) is 23.5 Å². The Hall–Kier alpha value is -1.72. The maximum atomic E-state index is 9.44. The summed E-state index contributed by atoms with van der Waals surface area (Å²) in [7, 11) is 0. The number of anilines is 1. The first kappa shape index (κ1) is 24.4. The second kappa shape index (κ2) is 9.87. The zero-order valence-corrected chi connectivity index (χ0v) is 21.1. The summed E-state index contributed by atoms with van der Waals surface area (Å²) < 4.78 is 12.3. The molecule has 182 valence electrons. The molecule has 4 rings (SSSR count). The van der Waals surface area contributed by atoms with Crippen LogP contribution in [-0.4, -0.2) is 84.1 Å². The highest BCUT2D eigenvalue weighted by Gasteiger charge is 2.51. The fourth-order valence-corrected chi connectivity index (χ4v) is 5.84. The number of hydrogen-bond donors (Lipinski definition) is 0. The predicted octanol–water partition coefficient (Wildman–Crippen LogP) is 3.50. The smallest absolute Gasteiger partial charge is 0.158 e. The van der Waals surface area contributed by atoms with Gasteiger partial charge in [0.15, 0.2) is 6.23 Å². The number of rotatable bonds is 8. The molecule has 0 amide bonds. The monoisotopic (exact) mass is 455 g/mol. The molecule has 3 atom stereocenters. The van der Waals surface area contributed by atoms with Gasteiger partial charge in [0, 0.05) is 51.4 Å². The second-order valence-electron chi connectivity index (χ2n) is 11.0. The quantitative estimate of drug-likeness (QED) is 0.556. The van der Waals surface area contributed by atoms with E-state index >= 15 is 0 Å². The minimum absolute atomic E-state index is 0.0137. The van der Waals surface area contributed by atoms with Gasteiger partial charge in [-0.25, -0.2) is 4.98 Å². The Balaban J connectivity index is 1.61. The van der Waals surface area contributed by atoms with Crippen molar-refractivity contribution in [2.24, 2.45) is 5.92 Å². The lowest BCUT2D eigenvalue weighted by molar-refractivity contribution is -0.125. The summed E-state index contributed by atoms with van der Waals surface area (Å²) in [5, 5.41) is 9.44. The van der Waals surface area contributed by atoms with Crippen LogP contribution in [-0.2, 0) is 9.47 Å². The van der Waals surface area contributed by atoms with Crippen molar-refractivity contribution in [1.82, 2.24) is 14.8 Å². The Bertz CT molecular complexity index is 845. The molecular weight excluding hydrogens is 414 g/mol. The Labute approximate surface area is 199 Å². The van der Waals surface area contributed by atoms with Gasteiger partial charge in [0.05, 0.1) is 5.60 Å². The van der Waals surface area contributed by atoms with E-state index in [0.29, 0.717) is 11.6 Å². The Morgan fingerprint density at radius 3 is 2.61 bits per heavy atom. The molecule has 3 fully saturated rings. The van der Waals surface area contributed by atoms with Crippen LogP contribution in [0.2, 0.25) is 0 Å². The maximum Gasteiger partial charge on any atom is 0.158 e. The average Bonchev–Trinajstić information content (AvgIpc) is 3.56. The van der Waals surface area contributed by atoms with Crippen LogP contribution in [0, 0.1) is 17.2 Å². The highest BCUT2D eigenvalue weighted by atomic mass is 16.6. The molecule has 33 heavy (non-hydrogen) atoms. The summed E-state index contributed by atoms with van der Waals surface area (Å²) in [6.07, 6.45) is 3.21. The van der Waals surface area contributed by atoms with E-state index in [2.05, 4.69) is 60.4 Å². The van der Waals surface area contributed by atoms with E-state index in [1.165, 1.54) is 6.54 Å². The van der Waals surface area contributed by atoms with Crippen molar-refractivity contribution in [2.45, 2.75) is 77.4 Å². The van der Waals surface area contributed by atoms with Crippen LogP contribution in [0.5, 0.6) is 0 Å². The van der Waals surface area contributed by atoms with Crippen molar-refractivity contribution in [2.75, 3.05) is 50.8 Å². The minimum atomic E-state index is -0.171. The number of nitrogens with zero attached hydrogens (tertiary/aromatic N) is 5. The third kappa shape index (κ3) is 5.68. The zero-order chi connectivity index (χ0) is 23.6. The van der Waals surface area contributed by atoms with Crippen LogP contribution >= 0.6 is 0 Å². The Kier molecular flexibility index (Phi) is 7.30. The molecule has 7 nitrogen and oxygen atoms in total. The van der Waals surface area contributed by atoms with Crippen molar-refractivity contribution < 1.29 is 9.47 Å². The van der Waals surface area contributed by atoms with Crippen molar-refractivity contribution in [3.8, 4) is 6.07 Å². The van der Waals surface area contributed by atoms with Gasteiger partial charge in [-0.15, -0.1) is 0 Å². The summed E-state index contributed by atoms with van der Waals surface area (Å²) >= 11 is 0. The van der Waals surface area contributed by atoms with Gasteiger partial charge in [-0.2, -0.15) is 5.26 Å². The van der Waals surface area contributed by atoms with E-state index in [1.807, 2.05) is 12.1 Å². The zero-order valence-electron chi connectivity index (χ0n) is 21.1. The highest BCUT2D eigenvalue weighted by Crippen LogP contribution is 2.41. The number of epoxide rings is 1. The highest BCUT2D eigenvalue weighted by molar-refractivity contribution is 5.44. The molecule has 3 saturated heterocycles. The first-order valence-corrected chi connectivity index (χ1v) is 12.7. The number of nitriles is 1. The van der Waals surface area contributed by atoms with Gasteiger partial charge in [0.25, 0.3) is 0 Å². The van der Waals surface area contributed by atoms with Crippen LogP contribution in [0.1, 0.15) is 59.6 Å². The molecule has 0 spiro atoms. The lowest BCUT2D eigenvalue weighted by atomic mass is 9.78. The summed E-state index contributed by atoms with van der Waals surface area (Å²) in [5.41, 5.74) is 0.269. The molecule has 0 aromatic carbocycles. The number of aromatic nitrogens is 1. The van der Waals surface area contributed by atoms with Gasteiger partial charge < -0.3 is 19.3 Å². The normalized spacial score (nSPS) is 30.2. The van der Waals surface area contributed by atoms with Crippen molar-refractivity contribution in [1.29, 1.82) is 5.26 Å². The molecule has 1 aromatic rings. The van der Waals surface area contributed by atoms with Crippen LogP contribution in [0.15, 0.2) is 18.2 Å². The van der Waals surface area contributed by atoms with Crippen LogP contribution < -0.4 is 4.90 Å². The summed E-state index contributed by atoms with van der Waals surface area (Å²) in [4.78, 5) is 12.3. The number of ether oxygens (including phenoxy) is 2. The molecule has 1 aromatic heterocycles. The molecule has 0 radical (unpaired) electrons. The minimum Gasteiger partial charge on any atom is -0.375 e. The van der Waals surface area contributed by atoms with E-state index in [9.17, 15) is 5.26 Å². The molecule has 3 aliphatic rings. The summed E-state index contributed by atoms with van der Waals surface area (Å²) in [6.45, 7) is 18.4. The number of piperazine rings is 1. The van der Waals surface area contributed by atoms with Gasteiger partial charge in [-0.05, 0) is 51.2 Å². The van der Waals surface area contributed by atoms with E-state index in [1.54, 1.807) is 6.07 Å². The topological polar surface area (TPSA) is 68.2 Å². The molecule has 0 aliphatic carbocycles. The van der Waals surface area contributed by atoms with Crippen LogP contribution in [0.25, 0.3) is 0 Å². The fourth-order valence-electron chi connectivity index (χ4n) is 5.84. The first-order valence-electron chi connectivity index (χ1n) is 12.7. The standard InChI is InChI=1S/C26H41N5O2/c1-6-22-24(33-22)31(23-9-7-8-21(16-27)28-23)19-26(10-15-32-25(4,5)18-26)30-13-11-29(12-14-30)17-20(2)3/h7-9,20,22,24H,6,10-15,17-19H2,1-5H3.